The van der Waals surface area contributed by atoms with Crippen LogP contribution in [0.2, 0.25) is 0 Å². The molecule has 3 N–H and O–H groups in total. The molecule has 4 saturated carbocycles. The van der Waals surface area contributed by atoms with Gasteiger partial charge in [0.15, 0.2) is 0 Å². The number of amides is 1. The molecule has 0 aromatic carbocycles. The van der Waals surface area contributed by atoms with Gasteiger partial charge in [0.05, 0.1) is 28.1 Å². The molecule has 0 aromatic rings. The maximum absolute atomic E-state index is 12.0. The molecular weight excluding hydrogens is 489 g/mol. The molecule has 202 valence electrons. The summed E-state index contributed by atoms with van der Waals surface area (Å²) in [7, 11) is -4.30. The number of carbonyl (C=O) groups excluding carboxylic acids is 1. The molecule has 0 aliphatic heterocycles. The van der Waals surface area contributed by atoms with E-state index < -0.39 is 15.9 Å². The van der Waals surface area contributed by atoms with Crippen LogP contribution in [0.15, 0.2) is 0 Å². The second-order valence-electron chi connectivity index (χ2n) is 12.8. The van der Waals surface area contributed by atoms with Crippen LogP contribution < -0.4 is 34.9 Å². The molecule has 11 atom stereocenters. The third kappa shape index (κ3) is 6.53. The summed E-state index contributed by atoms with van der Waals surface area (Å²) in [5, 5.41) is 24.2. The summed E-state index contributed by atoms with van der Waals surface area (Å²) in [5.41, 5.74) is 0.241. The van der Waals surface area contributed by atoms with Crippen LogP contribution in [0.4, 0.5) is 0 Å². The Morgan fingerprint density at radius 1 is 1.14 bits per heavy atom. The SMILES string of the molecule is C[C@H](CCCC(=O)NCCS(=O)(=O)[O-])[C@@H]1CC[C@@H]2[C@@H]1[C@H](C)C[C@H]1[C@H]2[C@H](O)C[C@@H]2C[C@H](O)CC[C@@]21C.[Na+]. The van der Waals surface area contributed by atoms with Crippen LogP contribution in [0.3, 0.4) is 0 Å². The Morgan fingerprint density at radius 2 is 1.86 bits per heavy atom. The van der Waals surface area contributed by atoms with E-state index in [4.69, 9.17) is 0 Å². The van der Waals surface area contributed by atoms with Crippen molar-refractivity contribution in [2.24, 2.45) is 52.8 Å². The van der Waals surface area contributed by atoms with Gasteiger partial charge in [0, 0.05) is 13.0 Å². The molecule has 0 heterocycles. The van der Waals surface area contributed by atoms with Crippen LogP contribution in [0.25, 0.3) is 0 Å². The van der Waals surface area contributed by atoms with Crippen LogP contribution in [0.1, 0.15) is 85.0 Å². The van der Waals surface area contributed by atoms with E-state index in [1.165, 1.54) is 19.3 Å². The first-order valence-electron chi connectivity index (χ1n) is 14.0. The van der Waals surface area contributed by atoms with E-state index in [0.717, 1.165) is 38.5 Å². The van der Waals surface area contributed by atoms with E-state index in [9.17, 15) is 28.0 Å². The second-order valence-corrected chi connectivity index (χ2v) is 14.3. The number of nitrogens with one attached hydrogen (secondary N) is 1. The first kappa shape index (κ1) is 30.8. The van der Waals surface area contributed by atoms with Crippen molar-refractivity contribution < 1.29 is 57.5 Å². The minimum atomic E-state index is -4.30. The van der Waals surface area contributed by atoms with Gasteiger partial charge in [0.1, 0.15) is 0 Å². The third-order valence-electron chi connectivity index (χ3n) is 10.9. The predicted molar refractivity (Wildman–Crippen MR) is 133 cm³/mol. The molecule has 0 saturated heterocycles. The molecule has 0 bridgehead atoms. The summed E-state index contributed by atoms with van der Waals surface area (Å²) in [6, 6.07) is 0. The zero-order valence-electron chi connectivity index (χ0n) is 22.7. The summed E-state index contributed by atoms with van der Waals surface area (Å²) in [6.07, 6.45) is 8.86. The van der Waals surface area contributed by atoms with Gasteiger partial charge in [-0.25, -0.2) is 8.42 Å². The summed E-state index contributed by atoms with van der Waals surface area (Å²) in [4.78, 5) is 12.0. The molecule has 0 unspecified atom stereocenters. The average Bonchev–Trinajstić information content (AvgIpc) is 3.20. The fraction of sp³-hybridized carbons (Fsp3) is 0.963. The zero-order valence-corrected chi connectivity index (χ0v) is 25.5. The average molecular weight is 536 g/mol. The molecule has 9 heteroatoms. The number of hydrogen-bond donors (Lipinski definition) is 3. The van der Waals surface area contributed by atoms with Crippen molar-refractivity contribution in [3.63, 3.8) is 0 Å². The molecule has 4 aliphatic rings. The normalized spacial score (nSPS) is 42.9. The Labute approximate surface area is 240 Å². The van der Waals surface area contributed by atoms with Crippen molar-refractivity contribution in [3.8, 4) is 0 Å². The minimum Gasteiger partial charge on any atom is -0.748 e. The third-order valence-corrected chi connectivity index (χ3v) is 11.6. The second kappa shape index (κ2) is 12.2. The number of fused-ring (bicyclic) bond motifs is 5. The first-order valence-corrected chi connectivity index (χ1v) is 15.5. The van der Waals surface area contributed by atoms with Crippen molar-refractivity contribution in [1.29, 1.82) is 0 Å². The van der Waals surface area contributed by atoms with Gasteiger partial charge in [-0.3, -0.25) is 4.79 Å². The monoisotopic (exact) mass is 535 g/mol. The van der Waals surface area contributed by atoms with Gasteiger partial charge in [-0.15, -0.1) is 0 Å². The van der Waals surface area contributed by atoms with Gasteiger partial charge in [0.25, 0.3) is 0 Å². The molecule has 0 spiro atoms. The Morgan fingerprint density at radius 3 is 2.56 bits per heavy atom. The van der Waals surface area contributed by atoms with E-state index in [1.54, 1.807) is 0 Å². The number of aliphatic hydroxyl groups excluding tert-OH is 2. The Bertz CT molecular complexity index is 870. The number of aliphatic hydroxyl groups is 2. The largest absolute Gasteiger partial charge is 1.00 e. The van der Waals surface area contributed by atoms with Crippen LogP contribution >= 0.6 is 0 Å². The standard InChI is InChI=1S/C27H47NO6S.Na/c1-16(5-4-6-24(31)28-11-12-35(32,33)34)20-7-8-21-25(20)17(2)13-22-26(21)23(30)15-18-14-19(29)9-10-27(18,22)3;/h16-23,25-26,29-30H,4-15H2,1-3H3,(H,28,31)(H,32,33,34);/q;+1/p-1/t16-,17-,18+,19-,20+,21-,22+,23-,25-,26+,27+;/m1./s1. The number of hydrogen-bond acceptors (Lipinski definition) is 6. The smallest absolute Gasteiger partial charge is 0.748 e. The van der Waals surface area contributed by atoms with E-state index >= 15 is 0 Å². The van der Waals surface area contributed by atoms with E-state index in [2.05, 4.69) is 26.1 Å². The van der Waals surface area contributed by atoms with Gasteiger partial charge < -0.3 is 20.1 Å². The summed E-state index contributed by atoms with van der Waals surface area (Å²) in [5.74, 6) is 3.58. The van der Waals surface area contributed by atoms with Crippen molar-refractivity contribution in [2.75, 3.05) is 12.3 Å². The van der Waals surface area contributed by atoms with Crippen molar-refractivity contribution >= 4 is 16.0 Å². The van der Waals surface area contributed by atoms with Crippen molar-refractivity contribution in [3.05, 3.63) is 0 Å². The van der Waals surface area contributed by atoms with Gasteiger partial charge in [-0.1, -0.05) is 20.8 Å². The molecule has 0 aromatic heterocycles. The van der Waals surface area contributed by atoms with Gasteiger partial charge in [0.2, 0.25) is 5.91 Å². The molecule has 1 amide bonds. The van der Waals surface area contributed by atoms with Crippen LogP contribution in [0.5, 0.6) is 0 Å². The van der Waals surface area contributed by atoms with Crippen molar-refractivity contribution in [2.45, 2.75) is 97.2 Å². The zero-order chi connectivity index (χ0) is 25.5. The topological polar surface area (TPSA) is 127 Å². The molecule has 36 heavy (non-hydrogen) atoms. The maximum atomic E-state index is 12.0. The quantitative estimate of drug-likeness (QED) is 0.303. The number of rotatable bonds is 8. The summed E-state index contributed by atoms with van der Waals surface area (Å²) < 4.78 is 32.0. The summed E-state index contributed by atoms with van der Waals surface area (Å²) >= 11 is 0. The molecule has 4 rings (SSSR count). The fourth-order valence-corrected chi connectivity index (χ4v) is 9.57. The predicted octanol–water partition coefficient (Wildman–Crippen LogP) is 0.305. The van der Waals surface area contributed by atoms with Crippen LogP contribution in [-0.2, 0) is 14.9 Å². The van der Waals surface area contributed by atoms with E-state index in [-0.39, 0.29) is 59.6 Å². The van der Waals surface area contributed by atoms with Crippen molar-refractivity contribution in [1.82, 2.24) is 5.32 Å². The fourth-order valence-electron chi connectivity index (χ4n) is 9.22. The van der Waals surface area contributed by atoms with Crippen LogP contribution in [0, 0.1) is 52.8 Å². The van der Waals surface area contributed by atoms with Gasteiger partial charge >= 0.3 is 29.6 Å². The molecule has 4 fully saturated rings. The van der Waals surface area contributed by atoms with Crippen LogP contribution in [-0.4, -0.2) is 53.6 Å². The number of carbonyl (C=O) groups is 1. The molecule has 4 aliphatic carbocycles. The molecular formula is C27H46NNaO6S. The first-order chi connectivity index (χ1) is 16.4. The minimum absolute atomic E-state index is 0. The molecule has 7 nitrogen and oxygen atoms in total. The Kier molecular flexibility index (Phi) is 10.5. The maximum Gasteiger partial charge on any atom is 1.00 e. The Balaban J connectivity index is 0.00000361. The summed E-state index contributed by atoms with van der Waals surface area (Å²) in [6.45, 7) is 7.07. The Hall–Kier alpha value is 0.300. The molecule has 0 radical (unpaired) electrons. The van der Waals surface area contributed by atoms with Gasteiger partial charge in [-0.2, -0.15) is 0 Å². The van der Waals surface area contributed by atoms with E-state index in [1.807, 2.05) is 0 Å². The van der Waals surface area contributed by atoms with E-state index in [0.29, 0.717) is 53.8 Å². The van der Waals surface area contributed by atoms with Gasteiger partial charge in [-0.05, 0) is 111 Å².